The molecule has 0 aliphatic rings. The van der Waals surface area contributed by atoms with Crippen molar-refractivity contribution in [2.75, 3.05) is 16.8 Å². The normalized spacial score (nSPS) is 10.2. The van der Waals surface area contributed by atoms with Crippen LogP contribution in [0.15, 0.2) is 12.1 Å². The second-order valence-electron chi connectivity index (χ2n) is 3.19. The van der Waals surface area contributed by atoms with E-state index in [1.54, 1.807) is 0 Å². The van der Waals surface area contributed by atoms with E-state index in [-0.39, 0.29) is 27.2 Å². The summed E-state index contributed by atoms with van der Waals surface area (Å²) in [6.07, 6.45) is 0. The standard InChI is InChI=1S/C10H8Cl2FNO3S/c11-6-1-5(2-7(12)10(6)13)14-8(15)3-18-4-9(16)17/h1-2H,3-4H2,(H,14,15)(H,16,17). The van der Waals surface area contributed by atoms with Crippen LogP contribution < -0.4 is 5.32 Å². The molecule has 0 aromatic heterocycles. The van der Waals surface area contributed by atoms with Crippen molar-refractivity contribution < 1.29 is 19.1 Å². The molecule has 18 heavy (non-hydrogen) atoms. The molecule has 1 amide bonds. The van der Waals surface area contributed by atoms with Crippen molar-refractivity contribution in [3.63, 3.8) is 0 Å². The van der Waals surface area contributed by atoms with Gasteiger partial charge in [-0.2, -0.15) is 0 Å². The SMILES string of the molecule is O=C(O)CSCC(=O)Nc1cc(Cl)c(F)c(Cl)c1. The Morgan fingerprint density at radius 3 is 2.33 bits per heavy atom. The first-order chi connectivity index (χ1) is 8.40. The lowest BCUT2D eigenvalue weighted by Gasteiger charge is -2.06. The minimum Gasteiger partial charge on any atom is -0.481 e. The van der Waals surface area contributed by atoms with E-state index in [1.165, 1.54) is 12.1 Å². The molecule has 0 heterocycles. The molecule has 0 atom stereocenters. The molecule has 1 aromatic carbocycles. The quantitative estimate of drug-likeness (QED) is 0.821. The predicted molar refractivity (Wildman–Crippen MR) is 70.0 cm³/mol. The summed E-state index contributed by atoms with van der Waals surface area (Å²) in [6.45, 7) is 0. The third-order valence-electron chi connectivity index (χ3n) is 1.73. The second-order valence-corrected chi connectivity index (χ2v) is 4.99. The van der Waals surface area contributed by atoms with Crippen molar-refractivity contribution in [1.82, 2.24) is 0 Å². The molecule has 98 valence electrons. The zero-order chi connectivity index (χ0) is 13.7. The summed E-state index contributed by atoms with van der Waals surface area (Å²) in [5, 5.41) is 10.4. The predicted octanol–water partition coefficient (Wildman–Crippen LogP) is 2.89. The van der Waals surface area contributed by atoms with Crippen molar-refractivity contribution in [2.24, 2.45) is 0 Å². The number of halogens is 3. The maximum absolute atomic E-state index is 13.1. The topological polar surface area (TPSA) is 66.4 Å². The van der Waals surface area contributed by atoms with Gasteiger partial charge >= 0.3 is 5.97 Å². The fourth-order valence-corrected chi connectivity index (χ4v) is 2.08. The summed E-state index contributed by atoms with van der Waals surface area (Å²) in [7, 11) is 0. The number of rotatable bonds is 5. The first kappa shape index (κ1) is 15.1. The van der Waals surface area contributed by atoms with E-state index >= 15 is 0 Å². The number of aliphatic carboxylic acids is 1. The van der Waals surface area contributed by atoms with Crippen LogP contribution in [0.25, 0.3) is 0 Å². The van der Waals surface area contributed by atoms with Crippen molar-refractivity contribution in [1.29, 1.82) is 0 Å². The van der Waals surface area contributed by atoms with E-state index in [0.29, 0.717) is 0 Å². The Labute approximate surface area is 116 Å². The van der Waals surface area contributed by atoms with Crippen LogP contribution in [0.3, 0.4) is 0 Å². The molecular formula is C10H8Cl2FNO3S. The van der Waals surface area contributed by atoms with Gasteiger partial charge in [-0.05, 0) is 12.1 Å². The molecule has 0 bridgehead atoms. The first-order valence-electron chi connectivity index (χ1n) is 4.64. The van der Waals surface area contributed by atoms with Gasteiger partial charge in [0, 0.05) is 5.69 Å². The fourth-order valence-electron chi connectivity index (χ4n) is 1.06. The summed E-state index contributed by atoms with van der Waals surface area (Å²) in [6, 6.07) is 2.45. The van der Waals surface area contributed by atoms with Gasteiger partial charge in [0.2, 0.25) is 5.91 Å². The monoisotopic (exact) mass is 311 g/mol. The molecule has 0 saturated carbocycles. The molecule has 0 aliphatic heterocycles. The Kier molecular flexibility index (Phi) is 5.71. The minimum atomic E-state index is -0.999. The van der Waals surface area contributed by atoms with Gasteiger partial charge in [-0.1, -0.05) is 23.2 Å². The lowest BCUT2D eigenvalue weighted by Crippen LogP contribution is -2.15. The van der Waals surface area contributed by atoms with E-state index in [2.05, 4.69) is 5.32 Å². The van der Waals surface area contributed by atoms with E-state index in [1.807, 2.05) is 0 Å². The Bertz CT molecular complexity index is 461. The number of carbonyl (C=O) groups excluding carboxylic acids is 1. The van der Waals surface area contributed by atoms with Gasteiger partial charge in [0.25, 0.3) is 0 Å². The molecule has 0 fully saturated rings. The zero-order valence-corrected chi connectivity index (χ0v) is 11.2. The van der Waals surface area contributed by atoms with E-state index in [9.17, 15) is 14.0 Å². The number of amides is 1. The summed E-state index contributed by atoms with van der Waals surface area (Å²) >= 11 is 12.1. The summed E-state index contributed by atoms with van der Waals surface area (Å²) in [5.74, 6) is -2.37. The van der Waals surface area contributed by atoms with Crippen LogP contribution in [-0.2, 0) is 9.59 Å². The van der Waals surface area contributed by atoms with Crippen molar-refractivity contribution in [3.8, 4) is 0 Å². The summed E-state index contributed by atoms with van der Waals surface area (Å²) in [5.41, 5.74) is 0.257. The van der Waals surface area contributed by atoms with E-state index < -0.39 is 17.7 Å². The molecule has 0 unspecified atom stereocenters. The zero-order valence-electron chi connectivity index (χ0n) is 8.87. The maximum atomic E-state index is 13.1. The highest BCUT2D eigenvalue weighted by atomic mass is 35.5. The largest absolute Gasteiger partial charge is 0.481 e. The average Bonchev–Trinajstić information content (AvgIpc) is 2.25. The Morgan fingerprint density at radius 1 is 1.28 bits per heavy atom. The molecule has 0 saturated heterocycles. The lowest BCUT2D eigenvalue weighted by molar-refractivity contribution is -0.133. The molecule has 0 radical (unpaired) electrons. The molecule has 1 aromatic rings. The van der Waals surface area contributed by atoms with Crippen LogP contribution in [0.1, 0.15) is 0 Å². The third kappa shape index (κ3) is 4.72. The van der Waals surface area contributed by atoms with Gasteiger partial charge in [-0.15, -0.1) is 11.8 Å². The van der Waals surface area contributed by atoms with Gasteiger partial charge in [0.05, 0.1) is 21.6 Å². The van der Waals surface area contributed by atoms with Gasteiger partial charge in [0.1, 0.15) is 0 Å². The van der Waals surface area contributed by atoms with Crippen molar-refractivity contribution >= 4 is 52.5 Å². The molecule has 2 N–H and O–H groups in total. The Hall–Kier alpha value is -0.980. The second kappa shape index (κ2) is 6.82. The number of hydrogen-bond acceptors (Lipinski definition) is 3. The third-order valence-corrected chi connectivity index (χ3v) is 3.19. The number of benzene rings is 1. The van der Waals surface area contributed by atoms with Crippen LogP contribution in [0.2, 0.25) is 10.0 Å². The van der Waals surface area contributed by atoms with Crippen molar-refractivity contribution in [3.05, 3.63) is 28.0 Å². The summed E-state index contributed by atoms with van der Waals surface area (Å²) in [4.78, 5) is 21.6. The Morgan fingerprint density at radius 2 is 1.83 bits per heavy atom. The number of carboxylic acid groups (broad SMARTS) is 1. The lowest BCUT2D eigenvalue weighted by atomic mass is 10.3. The van der Waals surface area contributed by atoms with Crippen molar-refractivity contribution in [2.45, 2.75) is 0 Å². The Balaban J connectivity index is 2.57. The van der Waals surface area contributed by atoms with Crippen LogP contribution in [-0.4, -0.2) is 28.5 Å². The average molecular weight is 312 g/mol. The van der Waals surface area contributed by atoms with Crippen LogP contribution in [0.5, 0.6) is 0 Å². The highest BCUT2D eigenvalue weighted by Crippen LogP contribution is 2.27. The number of anilines is 1. The van der Waals surface area contributed by atoms with Crippen LogP contribution in [0.4, 0.5) is 10.1 Å². The number of nitrogens with one attached hydrogen (secondary N) is 1. The minimum absolute atomic E-state index is 0.0289. The number of thioether (sulfide) groups is 1. The number of carboxylic acids is 1. The van der Waals surface area contributed by atoms with Gasteiger partial charge in [-0.25, -0.2) is 4.39 Å². The molecule has 1 rings (SSSR count). The summed E-state index contributed by atoms with van der Waals surface area (Å²) < 4.78 is 13.1. The fraction of sp³-hybridized carbons (Fsp3) is 0.200. The molecule has 8 heteroatoms. The first-order valence-corrected chi connectivity index (χ1v) is 6.55. The molecule has 0 spiro atoms. The molecule has 4 nitrogen and oxygen atoms in total. The van der Waals surface area contributed by atoms with Gasteiger partial charge in [0.15, 0.2) is 5.82 Å². The van der Waals surface area contributed by atoms with Gasteiger partial charge in [-0.3, -0.25) is 9.59 Å². The van der Waals surface area contributed by atoms with E-state index in [4.69, 9.17) is 28.3 Å². The van der Waals surface area contributed by atoms with Gasteiger partial charge < -0.3 is 10.4 Å². The maximum Gasteiger partial charge on any atom is 0.313 e. The molecular weight excluding hydrogens is 304 g/mol. The van der Waals surface area contributed by atoms with Crippen LogP contribution >= 0.6 is 35.0 Å². The number of carbonyl (C=O) groups is 2. The highest BCUT2D eigenvalue weighted by molar-refractivity contribution is 8.00. The highest BCUT2D eigenvalue weighted by Gasteiger charge is 2.10. The van der Waals surface area contributed by atoms with E-state index in [0.717, 1.165) is 11.8 Å². The number of hydrogen-bond donors (Lipinski definition) is 2. The van der Waals surface area contributed by atoms with Crippen LogP contribution in [0, 0.1) is 5.82 Å². The molecule has 0 aliphatic carbocycles. The smallest absolute Gasteiger partial charge is 0.313 e.